The van der Waals surface area contributed by atoms with E-state index in [1.54, 1.807) is 35.0 Å². The summed E-state index contributed by atoms with van der Waals surface area (Å²) in [5, 5.41) is 3.51. The first-order chi connectivity index (χ1) is 14.4. The smallest absolute Gasteiger partial charge is 0.250 e. The fraction of sp³-hybridized carbons (Fsp3) is 0.556. The van der Waals surface area contributed by atoms with Crippen LogP contribution in [-0.4, -0.2) is 79.0 Å². The number of nitrogens with one attached hydrogen (secondary N) is 2. The molecule has 0 unspecified atom stereocenters. The Kier molecular flexibility index (Phi) is 8.83. The zero-order valence-electron chi connectivity index (χ0n) is 16.7. The predicted molar refractivity (Wildman–Crippen MR) is 121 cm³/mol. The molecule has 2 N–H and O–H groups in total. The van der Waals surface area contributed by atoms with Crippen molar-refractivity contribution in [3.05, 3.63) is 35.0 Å². The number of hydrogen-bond acceptors (Lipinski definition) is 8. The molecule has 168 valence electrons. The predicted octanol–water partition coefficient (Wildman–Crippen LogP) is 1.46. The Labute approximate surface area is 187 Å². The van der Waals surface area contributed by atoms with Crippen molar-refractivity contribution in [2.45, 2.75) is 21.3 Å². The van der Waals surface area contributed by atoms with Gasteiger partial charge in [-0.05, 0) is 48.8 Å². The first kappa shape index (κ1) is 23.8. The van der Waals surface area contributed by atoms with Gasteiger partial charge in [-0.25, -0.2) is 26.3 Å². The normalized spacial score (nSPS) is 16.8. The van der Waals surface area contributed by atoms with Crippen LogP contribution in [0.25, 0.3) is 0 Å². The van der Waals surface area contributed by atoms with Crippen molar-refractivity contribution in [3.63, 3.8) is 0 Å². The Hall–Kier alpha value is -0.860. The van der Waals surface area contributed by atoms with Gasteiger partial charge in [0, 0.05) is 39.3 Å². The van der Waals surface area contributed by atoms with Crippen LogP contribution in [0.1, 0.15) is 12.8 Å². The van der Waals surface area contributed by atoms with Gasteiger partial charge in [-0.1, -0.05) is 12.1 Å². The maximum Gasteiger partial charge on any atom is 0.250 e. The highest BCUT2D eigenvalue weighted by atomic mass is 32.3. The van der Waals surface area contributed by atoms with Gasteiger partial charge in [0.1, 0.15) is 8.42 Å². The van der Waals surface area contributed by atoms with Gasteiger partial charge in [-0.15, -0.1) is 22.7 Å². The molecule has 30 heavy (non-hydrogen) atoms. The maximum absolute atomic E-state index is 12.1. The third-order valence-electron chi connectivity index (χ3n) is 4.87. The van der Waals surface area contributed by atoms with Gasteiger partial charge in [0.15, 0.2) is 0 Å². The molecular formula is C18H28N4O4S4. The van der Waals surface area contributed by atoms with Crippen LogP contribution in [0.2, 0.25) is 0 Å². The van der Waals surface area contributed by atoms with Crippen molar-refractivity contribution in [1.82, 2.24) is 19.2 Å². The average Bonchev–Trinajstić information content (AvgIpc) is 3.44. The lowest BCUT2D eigenvalue weighted by atomic mass is 10.2. The number of rotatable bonds is 12. The molecule has 0 bridgehead atoms. The van der Waals surface area contributed by atoms with E-state index in [2.05, 4.69) is 19.2 Å². The quantitative estimate of drug-likeness (QED) is 0.436. The highest BCUT2D eigenvalue weighted by Crippen LogP contribution is 2.16. The minimum absolute atomic E-state index is 0.355. The summed E-state index contributed by atoms with van der Waals surface area (Å²) in [5.41, 5.74) is 0. The summed E-state index contributed by atoms with van der Waals surface area (Å²) in [6, 6.07) is 6.69. The Balaban J connectivity index is 1.25. The van der Waals surface area contributed by atoms with Crippen LogP contribution in [0.15, 0.2) is 43.4 Å². The Morgan fingerprint density at radius 2 is 1.13 bits per heavy atom. The molecule has 0 radical (unpaired) electrons. The van der Waals surface area contributed by atoms with Crippen LogP contribution >= 0.6 is 22.7 Å². The zero-order valence-corrected chi connectivity index (χ0v) is 20.0. The van der Waals surface area contributed by atoms with E-state index >= 15 is 0 Å². The number of sulfonamides is 2. The van der Waals surface area contributed by atoms with Crippen molar-refractivity contribution >= 4 is 42.7 Å². The molecule has 8 nitrogen and oxygen atoms in total. The molecule has 0 atom stereocenters. The van der Waals surface area contributed by atoms with E-state index in [1.807, 2.05) is 0 Å². The van der Waals surface area contributed by atoms with Gasteiger partial charge in [0.2, 0.25) is 20.0 Å². The summed E-state index contributed by atoms with van der Waals surface area (Å²) in [7, 11) is -6.75. The lowest BCUT2D eigenvalue weighted by Gasteiger charge is -2.34. The molecule has 2 aromatic heterocycles. The second kappa shape index (κ2) is 11.1. The molecule has 12 heteroatoms. The van der Waals surface area contributed by atoms with Crippen molar-refractivity contribution in [1.29, 1.82) is 0 Å². The summed E-state index contributed by atoms with van der Waals surface area (Å²) in [5.74, 6) is 0. The molecule has 3 rings (SSSR count). The van der Waals surface area contributed by atoms with E-state index < -0.39 is 20.0 Å². The molecule has 1 aliphatic rings. The van der Waals surface area contributed by atoms with Gasteiger partial charge >= 0.3 is 0 Å². The van der Waals surface area contributed by atoms with E-state index in [1.165, 1.54) is 22.7 Å². The number of thiophene rings is 2. The van der Waals surface area contributed by atoms with Crippen molar-refractivity contribution < 1.29 is 16.8 Å². The lowest BCUT2D eigenvalue weighted by Crippen LogP contribution is -2.47. The molecule has 2 aromatic rings. The molecule has 0 saturated carbocycles. The third-order valence-corrected chi connectivity index (χ3v) is 10.6. The summed E-state index contributed by atoms with van der Waals surface area (Å²) >= 11 is 2.44. The van der Waals surface area contributed by atoms with Gasteiger partial charge < -0.3 is 9.80 Å². The second-order valence-electron chi connectivity index (χ2n) is 7.05. The van der Waals surface area contributed by atoms with Crippen molar-refractivity contribution in [2.24, 2.45) is 0 Å². The SMILES string of the molecule is O=S(=O)(NCCCN1CCN(CCCNS(=O)(=O)c2cccs2)CC1)c1cccs1. The fourth-order valence-electron chi connectivity index (χ4n) is 3.23. The number of nitrogens with zero attached hydrogens (tertiary/aromatic N) is 2. The molecular weight excluding hydrogens is 464 g/mol. The number of hydrogen-bond donors (Lipinski definition) is 2. The standard InChI is InChI=1S/C18H28N4O4S4/c23-29(24,17-5-1-15-27-17)19-7-3-9-21-11-13-22(14-12-21)10-4-8-20-30(25,26)18-6-2-16-28-18/h1-2,5-6,15-16,19-20H,3-4,7-14H2. The summed E-state index contributed by atoms with van der Waals surface area (Å²) in [6.45, 7) is 6.37. The minimum Gasteiger partial charge on any atom is -0.301 e. The molecule has 1 aliphatic heterocycles. The monoisotopic (exact) mass is 492 g/mol. The average molecular weight is 493 g/mol. The first-order valence-electron chi connectivity index (χ1n) is 9.88. The maximum atomic E-state index is 12.1. The molecule has 1 fully saturated rings. The topological polar surface area (TPSA) is 98.8 Å². The highest BCUT2D eigenvalue weighted by molar-refractivity contribution is 7.91. The van der Waals surface area contributed by atoms with Gasteiger partial charge in [0.25, 0.3) is 0 Å². The molecule has 0 spiro atoms. The van der Waals surface area contributed by atoms with E-state index in [0.717, 1.165) is 52.1 Å². The lowest BCUT2D eigenvalue weighted by molar-refractivity contribution is 0.131. The van der Waals surface area contributed by atoms with Crippen LogP contribution in [-0.2, 0) is 20.0 Å². The third kappa shape index (κ3) is 7.09. The Bertz CT molecular complexity index is 872. The number of piperazine rings is 1. The van der Waals surface area contributed by atoms with E-state index in [-0.39, 0.29) is 0 Å². The molecule has 3 heterocycles. The van der Waals surface area contributed by atoms with Gasteiger partial charge in [0.05, 0.1) is 0 Å². The van der Waals surface area contributed by atoms with Gasteiger partial charge in [-0.3, -0.25) is 0 Å². The Morgan fingerprint density at radius 3 is 1.47 bits per heavy atom. The summed E-state index contributed by atoms with van der Waals surface area (Å²) < 4.78 is 54.3. The summed E-state index contributed by atoms with van der Waals surface area (Å²) in [6.07, 6.45) is 1.55. The first-order valence-corrected chi connectivity index (χ1v) is 14.6. The van der Waals surface area contributed by atoms with Crippen LogP contribution in [0.3, 0.4) is 0 Å². The summed E-state index contributed by atoms with van der Waals surface area (Å²) in [4.78, 5) is 4.69. The fourth-order valence-corrected chi connectivity index (χ4v) is 7.45. The van der Waals surface area contributed by atoms with Crippen LogP contribution in [0.4, 0.5) is 0 Å². The van der Waals surface area contributed by atoms with E-state index in [9.17, 15) is 16.8 Å². The van der Waals surface area contributed by atoms with E-state index in [0.29, 0.717) is 21.5 Å². The Morgan fingerprint density at radius 1 is 0.733 bits per heavy atom. The van der Waals surface area contributed by atoms with E-state index in [4.69, 9.17) is 0 Å². The minimum atomic E-state index is -3.37. The zero-order chi connectivity index (χ0) is 21.5. The molecule has 1 saturated heterocycles. The molecule has 0 amide bonds. The largest absolute Gasteiger partial charge is 0.301 e. The second-order valence-corrected chi connectivity index (χ2v) is 12.9. The van der Waals surface area contributed by atoms with Crippen molar-refractivity contribution in [3.8, 4) is 0 Å². The highest BCUT2D eigenvalue weighted by Gasteiger charge is 2.18. The van der Waals surface area contributed by atoms with Gasteiger partial charge in [-0.2, -0.15) is 0 Å². The van der Waals surface area contributed by atoms with Crippen molar-refractivity contribution in [2.75, 3.05) is 52.4 Å². The molecule has 0 aromatic carbocycles. The van der Waals surface area contributed by atoms with Crippen LogP contribution in [0, 0.1) is 0 Å². The molecule has 0 aliphatic carbocycles. The van der Waals surface area contributed by atoms with Crippen LogP contribution in [0.5, 0.6) is 0 Å². The van der Waals surface area contributed by atoms with Crippen LogP contribution < -0.4 is 9.44 Å².